The Balaban J connectivity index is 1.92. The Bertz CT molecular complexity index is 1010. The lowest BCUT2D eigenvalue weighted by molar-refractivity contribution is -0.133. The lowest BCUT2D eigenvalue weighted by Gasteiger charge is -2.36. The molecule has 32 heavy (non-hydrogen) atoms. The van der Waals surface area contributed by atoms with Crippen LogP contribution in [-0.2, 0) is 14.8 Å². The van der Waals surface area contributed by atoms with Crippen LogP contribution in [-0.4, -0.2) is 56.7 Å². The first-order valence-corrected chi connectivity index (χ1v) is 12.9. The minimum absolute atomic E-state index is 0.0859. The van der Waals surface area contributed by atoms with Crippen LogP contribution in [0.4, 0.5) is 5.69 Å². The maximum absolute atomic E-state index is 13.5. The number of rotatable bonds is 8. The number of halogens is 1. The molecule has 7 nitrogen and oxygen atoms in total. The normalized spacial score (nSPS) is 18.8. The number of likely N-dealkylation sites (N-methyl/N-ethyl adjacent to an activating group) is 1. The molecular formula is C23H29BrN2O5S. The SMILES string of the molecule is CCOc1ccc(N(CC(=O)N(C)C2CCCCC2O)S(=O)(=O)c2ccc(Br)cc2)cc1. The average Bonchev–Trinajstić information content (AvgIpc) is 2.78. The first-order valence-electron chi connectivity index (χ1n) is 10.7. The van der Waals surface area contributed by atoms with Gasteiger partial charge in [-0.3, -0.25) is 9.10 Å². The molecular weight excluding hydrogens is 496 g/mol. The number of carbonyl (C=O) groups excluding carboxylic acids is 1. The molecule has 2 unspecified atom stereocenters. The van der Waals surface area contributed by atoms with E-state index in [0.29, 0.717) is 30.9 Å². The van der Waals surface area contributed by atoms with Crippen molar-refractivity contribution < 1.29 is 23.1 Å². The summed E-state index contributed by atoms with van der Waals surface area (Å²) in [5, 5.41) is 10.3. The van der Waals surface area contributed by atoms with Crippen molar-refractivity contribution in [3.05, 3.63) is 53.0 Å². The number of hydrogen-bond donors (Lipinski definition) is 1. The Morgan fingerprint density at radius 1 is 1.09 bits per heavy atom. The fourth-order valence-electron chi connectivity index (χ4n) is 3.89. The molecule has 0 saturated heterocycles. The van der Waals surface area contributed by atoms with Crippen molar-refractivity contribution >= 4 is 37.5 Å². The highest BCUT2D eigenvalue weighted by atomic mass is 79.9. The zero-order valence-electron chi connectivity index (χ0n) is 18.3. The van der Waals surface area contributed by atoms with Crippen molar-refractivity contribution in [3.63, 3.8) is 0 Å². The summed E-state index contributed by atoms with van der Waals surface area (Å²) in [7, 11) is -2.38. The van der Waals surface area contributed by atoms with E-state index in [2.05, 4.69) is 15.9 Å². The van der Waals surface area contributed by atoms with Gasteiger partial charge in [0.25, 0.3) is 10.0 Å². The highest BCUT2D eigenvalue weighted by Gasteiger charge is 2.33. The van der Waals surface area contributed by atoms with Gasteiger partial charge in [-0.15, -0.1) is 0 Å². The maximum Gasteiger partial charge on any atom is 0.264 e. The quantitative estimate of drug-likeness (QED) is 0.567. The second-order valence-corrected chi connectivity index (χ2v) is 10.6. The number of nitrogens with zero attached hydrogens (tertiary/aromatic N) is 2. The summed E-state index contributed by atoms with van der Waals surface area (Å²) >= 11 is 3.32. The summed E-state index contributed by atoms with van der Waals surface area (Å²) in [4.78, 5) is 14.7. The van der Waals surface area contributed by atoms with Crippen LogP contribution < -0.4 is 9.04 Å². The van der Waals surface area contributed by atoms with Gasteiger partial charge in [0, 0.05) is 11.5 Å². The number of ether oxygens (including phenoxy) is 1. The van der Waals surface area contributed by atoms with E-state index >= 15 is 0 Å². The second kappa shape index (κ2) is 10.7. The van der Waals surface area contributed by atoms with Gasteiger partial charge in [0.2, 0.25) is 5.91 Å². The number of aliphatic hydroxyl groups is 1. The van der Waals surface area contributed by atoms with Crippen LogP contribution in [0.25, 0.3) is 0 Å². The molecule has 0 heterocycles. The number of hydrogen-bond acceptors (Lipinski definition) is 5. The molecule has 1 saturated carbocycles. The Morgan fingerprint density at radius 3 is 2.31 bits per heavy atom. The molecule has 1 N–H and O–H groups in total. The number of anilines is 1. The maximum atomic E-state index is 13.5. The van der Waals surface area contributed by atoms with Gasteiger partial charge >= 0.3 is 0 Å². The minimum Gasteiger partial charge on any atom is -0.494 e. The Morgan fingerprint density at radius 2 is 1.72 bits per heavy atom. The molecule has 0 bridgehead atoms. The standard InChI is InChI=1S/C23H29BrN2O5S/c1-3-31-19-12-10-18(11-13-19)26(32(29,30)20-14-8-17(24)9-15-20)16-23(28)25(2)21-6-4-5-7-22(21)27/h8-15,21-22,27H,3-7,16H2,1-2H3. The number of amides is 1. The molecule has 1 aliphatic rings. The summed E-state index contributed by atoms with van der Waals surface area (Å²) in [5.74, 6) is 0.247. The molecule has 9 heteroatoms. The third kappa shape index (κ3) is 5.63. The highest BCUT2D eigenvalue weighted by Crippen LogP contribution is 2.28. The first-order chi connectivity index (χ1) is 15.2. The van der Waals surface area contributed by atoms with Crippen LogP contribution in [0.2, 0.25) is 0 Å². The Hall–Kier alpha value is -2.10. The summed E-state index contributed by atoms with van der Waals surface area (Å²) in [6.07, 6.45) is 2.60. The summed E-state index contributed by atoms with van der Waals surface area (Å²) in [6, 6.07) is 12.6. The van der Waals surface area contributed by atoms with Gasteiger partial charge < -0.3 is 14.7 Å². The van der Waals surface area contributed by atoms with E-state index < -0.39 is 16.1 Å². The largest absolute Gasteiger partial charge is 0.494 e. The van der Waals surface area contributed by atoms with E-state index in [1.54, 1.807) is 43.4 Å². The number of carbonyl (C=O) groups is 1. The van der Waals surface area contributed by atoms with Gasteiger partial charge in [-0.2, -0.15) is 0 Å². The second-order valence-electron chi connectivity index (χ2n) is 7.82. The molecule has 0 aromatic heterocycles. The molecule has 1 amide bonds. The van der Waals surface area contributed by atoms with E-state index in [1.165, 1.54) is 17.0 Å². The van der Waals surface area contributed by atoms with Crippen molar-refractivity contribution in [1.29, 1.82) is 0 Å². The first kappa shape index (κ1) is 24.5. The van der Waals surface area contributed by atoms with Crippen LogP contribution in [0, 0.1) is 0 Å². The predicted molar refractivity (Wildman–Crippen MR) is 127 cm³/mol. The summed E-state index contributed by atoms with van der Waals surface area (Å²) in [6.45, 7) is 1.99. The van der Waals surface area contributed by atoms with Crippen LogP contribution in [0.1, 0.15) is 32.6 Å². The third-order valence-electron chi connectivity index (χ3n) is 5.70. The van der Waals surface area contributed by atoms with Crippen LogP contribution in [0.15, 0.2) is 57.9 Å². The number of sulfonamides is 1. The molecule has 0 aliphatic heterocycles. The Kier molecular flexibility index (Phi) is 8.19. The van der Waals surface area contributed by atoms with Crippen molar-refractivity contribution in [2.24, 2.45) is 0 Å². The van der Waals surface area contributed by atoms with Gasteiger partial charge in [0.1, 0.15) is 12.3 Å². The zero-order valence-corrected chi connectivity index (χ0v) is 20.7. The number of aliphatic hydroxyl groups excluding tert-OH is 1. The van der Waals surface area contributed by atoms with Gasteiger partial charge in [0.05, 0.1) is 29.3 Å². The predicted octanol–water partition coefficient (Wildman–Crippen LogP) is 3.81. The molecule has 0 radical (unpaired) electrons. The summed E-state index contributed by atoms with van der Waals surface area (Å²) in [5.41, 5.74) is 0.363. The number of benzene rings is 2. The van der Waals surface area contributed by atoms with E-state index in [-0.39, 0.29) is 23.4 Å². The molecule has 1 fully saturated rings. The lowest BCUT2D eigenvalue weighted by Crippen LogP contribution is -2.50. The van der Waals surface area contributed by atoms with Crippen molar-refractivity contribution in [2.45, 2.75) is 49.6 Å². The molecule has 2 atom stereocenters. The van der Waals surface area contributed by atoms with Gasteiger partial charge in [-0.05, 0) is 68.3 Å². The van der Waals surface area contributed by atoms with Crippen molar-refractivity contribution in [1.82, 2.24) is 4.90 Å². The van der Waals surface area contributed by atoms with E-state index in [0.717, 1.165) is 21.6 Å². The smallest absolute Gasteiger partial charge is 0.264 e. The van der Waals surface area contributed by atoms with Gasteiger partial charge in [-0.25, -0.2) is 8.42 Å². The van der Waals surface area contributed by atoms with Crippen LogP contribution >= 0.6 is 15.9 Å². The van der Waals surface area contributed by atoms with Crippen LogP contribution in [0.3, 0.4) is 0 Å². The van der Waals surface area contributed by atoms with Crippen LogP contribution in [0.5, 0.6) is 5.75 Å². The topological polar surface area (TPSA) is 87.2 Å². The van der Waals surface area contributed by atoms with Gasteiger partial charge in [0.15, 0.2) is 0 Å². The molecule has 2 aromatic rings. The van der Waals surface area contributed by atoms with E-state index in [1.807, 2.05) is 6.92 Å². The van der Waals surface area contributed by atoms with Crippen molar-refractivity contribution in [2.75, 3.05) is 24.5 Å². The third-order valence-corrected chi connectivity index (χ3v) is 8.02. The zero-order chi connectivity index (χ0) is 23.3. The fourth-order valence-corrected chi connectivity index (χ4v) is 5.57. The molecule has 174 valence electrons. The molecule has 3 rings (SSSR count). The van der Waals surface area contributed by atoms with Gasteiger partial charge in [-0.1, -0.05) is 28.8 Å². The highest BCUT2D eigenvalue weighted by molar-refractivity contribution is 9.10. The van der Waals surface area contributed by atoms with E-state index in [4.69, 9.17) is 4.74 Å². The van der Waals surface area contributed by atoms with E-state index in [9.17, 15) is 18.3 Å². The fraction of sp³-hybridized carbons (Fsp3) is 0.435. The van der Waals surface area contributed by atoms with Crippen molar-refractivity contribution in [3.8, 4) is 5.75 Å². The monoisotopic (exact) mass is 524 g/mol. The molecule has 1 aliphatic carbocycles. The molecule has 0 spiro atoms. The lowest BCUT2D eigenvalue weighted by atomic mass is 9.91. The summed E-state index contributed by atoms with van der Waals surface area (Å²) < 4.78 is 34.4. The average molecular weight is 525 g/mol. The Labute approximate surface area is 198 Å². The molecule has 2 aromatic carbocycles. The minimum atomic E-state index is -4.01.